The molecule has 0 bridgehead atoms. The molecular formula is C19H20FN5O3. The minimum atomic E-state index is -0.450. The van der Waals surface area contributed by atoms with Crippen molar-refractivity contribution in [3.63, 3.8) is 0 Å². The number of fused-ring (bicyclic) bond motifs is 1. The number of nitrogens with zero attached hydrogens (tertiary/aromatic N) is 4. The Balaban J connectivity index is 1.63. The fourth-order valence-corrected chi connectivity index (χ4v) is 3.53. The summed E-state index contributed by atoms with van der Waals surface area (Å²) < 4.78 is 20.7. The van der Waals surface area contributed by atoms with Gasteiger partial charge in [-0.25, -0.2) is 4.39 Å². The van der Waals surface area contributed by atoms with E-state index in [4.69, 9.17) is 4.74 Å². The van der Waals surface area contributed by atoms with E-state index in [-0.39, 0.29) is 23.5 Å². The highest BCUT2D eigenvalue weighted by Crippen LogP contribution is 2.28. The van der Waals surface area contributed by atoms with Crippen molar-refractivity contribution >= 4 is 17.3 Å². The minimum absolute atomic E-state index is 0.115. The van der Waals surface area contributed by atoms with Gasteiger partial charge >= 0.3 is 5.82 Å². The van der Waals surface area contributed by atoms with Crippen molar-refractivity contribution in [2.24, 2.45) is 0 Å². The number of morpholine rings is 1. The Labute approximate surface area is 160 Å². The molecule has 4 rings (SSSR count). The zero-order valence-electron chi connectivity index (χ0n) is 15.1. The number of ether oxygens (including phenoxy) is 1. The molecule has 0 amide bonds. The molecule has 0 saturated carbocycles. The molecule has 28 heavy (non-hydrogen) atoms. The van der Waals surface area contributed by atoms with Gasteiger partial charge in [0.05, 0.1) is 25.5 Å². The number of benzene rings is 1. The summed E-state index contributed by atoms with van der Waals surface area (Å²) in [5.41, 5.74) is 1.30. The number of anilines is 1. The highest BCUT2D eigenvalue weighted by molar-refractivity contribution is 5.62. The van der Waals surface area contributed by atoms with Gasteiger partial charge < -0.3 is 20.2 Å². The molecule has 3 aromatic rings. The SMILES string of the molecule is O=[N+]([O-])c1c(NCC(c2cccc(F)c2)N2CCOCC2)nc2ccccn12. The van der Waals surface area contributed by atoms with E-state index in [9.17, 15) is 14.5 Å². The first-order valence-electron chi connectivity index (χ1n) is 9.06. The molecule has 1 saturated heterocycles. The number of halogens is 1. The Hall–Kier alpha value is -3.04. The van der Waals surface area contributed by atoms with Gasteiger partial charge in [0.25, 0.3) is 0 Å². The van der Waals surface area contributed by atoms with Crippen molar-refractivity contribution in [2.45, 2.75) is 6.04 Å². The van der Waals surface area contributed by atoms with Gasteiger partial charge in [-0.3, -0.25) is 4.90 Å². The second-order valence-electron chi connectivity index (χ2n) is 6.57. The van der Waals surface area contributed by atoms with Crippen LogP contribution >= 0.6 is 0 Å². The van der Waals surface area contributed by atoms with Crippen LogP contribution in [0.3, 0.4) is 0 Å². The lowest BCUT2D eigenvalue weighted by atomic mass is 10.0. The summed E-state index contributed by atoms with van der Waals surface area (Å²) >= 11 is 0. The smallest absolute Gasteiger partial charge is 0.372 e. The van der Waals surface area contributed by atoms with Gasteiger partial charge in [0.2, 0.25) is 11.5 Å². The van der Waals surface area contributed by atoms with Crippen LogP contribution in [0.25, 0.3) is 5.65 Å². The number of pyridine rings is 1. The molecular weight excluding hydrogens is 365 g/mol. The fraction of sp³-hybridized carbons (Fsp3) is 0.316. The molecule has 1 atom stereocenters. The van der Waals surface area contributed by atoms with Crippen molar-refractivity contribution in [1.29, 1.82) is 0 Å². The second kappa shape index (κ2) is 7.91. The predicted octanol–water partition coefficient (Wildman–Crippen LogP) is 2.87. The van der Waals surface area contributed by atoms with Gasteiger partial charge in [-0.15, -0.1) is 0 Å². The first-order chi connectivity index (χ1) is 13.6. The second-order valence-corrected chi connectivity index (χ2v) is 6.57. The maximum Gasteiger partial charge on any atom is 0.372 e. The molecule has 1 fully saturated rings. The minimum Gasteiger partial charge on any atom is -0.379 e. The lowest BCUT2D eigenvalue weighted by molar-refractivity contribution is -0.389. The van der Waals surface area contributed by atoms with Crippen molar-refractivity contribution in [2.75, 3.05) is 38.2 Å². The molecule has 8 nitrogen and oxygen atoms in total. The topological polar surface area (TPSA) is 84.9 Å². The van der Waals surface area contributed by atoms with Crippen LogP contribution in [-0.4, -0.2) is 52.1 Å². The molecule has 1 aliphatic rings. The van der Waals surface area contributed by atoms with E-state index in [1.807, 2.05) is 6.07 Å². The first kappa shape index (κ1) is 18.3. The first-order valence-corrected chi connectivity index (χ1v) is 9.06. The fourth-order valence-electron chi connectivity index (χ4n) is 3.53. The predicted molar refractivity (Wildman–Crippen MR) is 102 cm³/mol. The van der Waals surface area contributed by atoms with Gasteiger partial charge in [0.1, 0.15) is 5.82 Å². The van der Waals surface area contributed by atoms with E-state index < -0.39 is 4.92 Å². The number of hydrogen-bond donors (Lipinski definition) is 1. The molecule has 1 aliphatic heterocycles. The summed E-state index contributed by atoms with van der Waals surface area (Å²) in [7, 11) is 0. The summed E-state index contributed by atoms with van der Waals surface area (Å²) in [5, 5.41) is 14.7. The largest absolute Gasteiger partial charge is 0.379 e. The molecule has 2 aromatic heterocycles. The molecule has 1 N–H and O–H groups in total. The Morgan fingerprint density at radius 3 is 2.82 bits per heavy atom. The average Bonchev–Trinajstić information content (AvgIpc) is 3.07. The van der Waals surface area contributed by atoms with Crippen LogP contribution in [0.2, 0.25) is 0 Å². The zero-order valence-corrected chi connectivity index (χ0v) is 15.1. The van der Waals surface area contributed by atoms with Crippen molar-refractivity contribution in [3.8, 4) is 0 Å². The summed E-state index contributed by atoms with van der Waals surface area (Å²) in [6.45, 7) is 2.96. The monoisotopic (exact) mass is 385 g/mol. The maximum absolute atomic E-state index is 13.8. The molecule has 0 spiro atoms. The van der Waals surface area contributed by atoms with Gasteiger partial charge in [-0.05, 0) is 28.7 Å². The molecule has 3 heterocycles. The third-order valence-corrected chi connectivity index (χ3v) is 4.86. The Morgan fingerprint density at radius 2 is 2.07 bits per heavy atom. The summed E-state index contributed by atoms with van der Waals surface area (Å²) in [4.78, 5) is 17.7. The molecule has 0 radical (unpaired) electrons. The number of nitrogens with one attached hydrogen (secondary N) is 1. The van der Waals surface area contributed by atoms with Gasteiger partial charge in [-0.1, -0.05) is 18.2 Å². The van der Waals surface area contributed by atoms with Crippen LogP contribution in [0, 0.1) is 15.9 Å². The summed E-state index contributed by atoms with van der Waals surface area (Å²) in [6, 6.07) is 11.5. The number of nitro groups is 1. The number of imidazole rings is 1. The normalized spacial score (nSPS) is 16.2. The van der Waals surface area contributed by atoms with Gasteiger partial charge in [0, 0.05) is 25.7 Å². The number of aromatic nitrogens is 2. The van der Waals surface area contributed by atoms with Crippen LogP contribution in [0.15, 0.2) is 48.7 Å². The van der Waals surface area contributed by atoms with Gasteiger partial charge in [-0.2, -0.15) is 9.38 Å². The van der Waals surface area contributed by atoms with Crippen LogP contribution in [0.1, 0.15) is 11.6 Å². The van der Waals surface area contributed by atoms with E-state index in [0.717, 1.165) is 5.56 Å². The van der Waals surface area contributed by atoms with E-state index >= 15 is 0 Å². The Kier molecular flexibility index (Phi) is 5.18. The lowest BCUT2D eigenvalue weighted by Gasteiger charge is -2.34. The van der Waals surface area contributed by atoms with Crippen molar-refractivity contribution in [1.82, 2.24) is 14.3 Å². The van der Waals surface area contributed by atoms with E-state index in [1.165, 1.54) is 16.5 Å². The molecule has 1 aromatic carbocycles. The van der Waals surface area contributed by atoms with E-state index in [2.05, 4.69) is 15.2 Å². The van der Waals surface area contributed by atoms with Gasteiger partial charge in [0.15, 0.2) is 0 Å². The molecule has 146 valence electrons. The highest BCUT2D eigenvalue weighted by atomic mass is 19.1. The quantitative estimate of drug-likeness (QED) is 0.519. The molecule has 0 aliphatic carbocycles. The standard InChI is InChI=1S/C19H20FN5O3/c20-15-5-3-4-14(12-15)16(23-8-10-28-11-9-23)13-21-18-19(25(26)27)24-7-2-1-6-17(24)22-18/h1-7,12,16,21H,8-11,13H2. The zero-order chi connectivity index (χ0) is 19.5. The van der Waals surface area contributed by atoms with Crippen LogP contribution in [-0.2, 0) is 4.74 Å². The van der Waals surface area contributed by atoms with Crippen LogP contribution < -0.4 is 5.32 Å². The highest BCUT2D eigenvalue weighted by Gasteiger charge is 2.26. The van der Waals surface area contributed by atoms with Crippen molar-refractivity contribution < 1.29 is 14.1 Å². The maximum atomic E-state index is 13.8. The number of hydrogen-bond acceptors (Lipinski definition) is 6. The summed E-state index contributed by atoms with van der Waals surface area (Å²) in [6.07, 6.45) is 1.61. The summed E-state index contributed by atoms with van der Waals surface area (Å²) in [5.74, 6) is -0.226. The van der Waals surface area contributed by atoms with Crippen molar-refractivity contribution in [3.05, 3.63) is 70.2 Å². The average molecular weight is 385 g/mol. The van der Waals surface area contributed by atoms with E-state index in [1.54, 1.807) is 30.5 Å². The third-order valence-electron chi connectivity index (χ3n) is 4.86. The van der Waals surface area contributed by atoms with E-state index in [0.29, 0.717) is 38.5 Å². The van der Waals surface area contributed by atoms with Crippen LogP contribution in [0.5, 0.6) is 0 Å². The Morgan fingerprint density at radius 1 is 1.25 bits per heavy atom. The number of rotatable bonds is 6. The Bertz CT molecular complexity index is 987. The molecule has 9 heteroatoms. The lowest BCUT2D eigenvalue weighted by Crippen LogP contribution is -2.41. The van der Waals surface area contributed by atoms with Crippen LogP contribution in [0.4, 0.5) is 16.0 Å². The third kappa shape index (κ3) is 3.67. The molecule has 1 unspecified atom stereocenters.